The molecule has 0 amide bonds. The summed E-state index contributed by atoms with van der Waals surface area (Å²) >= 11 is 0. The fourth-order valence-corrected chi connectivity index (χ4v) is 8.76. The molecular formula is C67H118O5. The highest BCUT2D eigenvalue weighted by Gasteiger charge is 2.17. The van der Waals surface area contributed by atoms with Gasteiger partial charge in [-0.1, -0.05) is 260 Å². The fraction of sp³-hybridized carbons (Fsp3) is 0.761. The Balaban J connectivity index is 4.30. The largest absolute Gasteiger partial charge is 0.462 e. The van der Waals surface area contributed by atoms with Gasteiger partial charge < -0.3 is 14.2 Å². The molecule has 5 heteroatoms. The Labute approximate surface area is 448 Å². The van der Waals surface area contributed by atoms with Crippen LogP contribution >= 0.6 is 0 Å². The van der Waals surface area contributed by atoms with E-state index < -0.39 is 6.10 Å². The van der Waals surface area contributed by atoms with Crippen molar-refractivity contribution < 1.29 is 23.8 Å². The maximum absolute atomic E-state index is 12.9. The Bertz CT molecular complexity index is 1320. The van der Waals surface area contributed by atoms with Crippen LogP contribution in [0.1, 0.15) is 303 Å². The van der Waals surface area contributed by atoms with Crippen molar-refractivity contribution in [2.45, 2.75) is 309 Å². The number of rotatable bonds is 57. The summed E-state index contributed by atoms with van der Waals surface area (Å²) in [5.41, 5.74) is 0. The average Bonchev–Trinajstić information content (AvgIpc) is 3.38. The molecular weight excluding hydrogens is 885 g/mol. The number of hydrogen-bond donors (Lipinski definition) is 0. The van der Waals surface area contributed by atoms with Crippen molar-refractivity contribution in [1.82, 2.24) is 0 Å². The van der Waals surface area contributed by atoms with E-state index in [0.717, 1.165) is 77.0 Å². The van der Waals surface area contributed by atoms with Gasteiger partial charge in [-0.3, -0.25) is 9.59 Å². The summed E-state index contributed by atoms with van der Waals surface area (Å²) in [4.78, 5) is 25.6. The lowest BCUT2D eigenvalue weighted by atomic mass is 10.1. The van der Waals surface area contributed by atoms with Gasteiger partial charge in [0.25, 0.3) is 0 Å². The molecule has 1 unspecified atom stereocenters. The van der Waals surface area contributed by atoms with Crippen LogP contribution in [0.4, 0.5) is 0 Å². The predicted octanol–water partition coefficient (Wildman–Crippen LogP) is 21.6. The Hall–Kier alpha value is -2.92. The number of carbonyl (C=O) groups excluding carboxylic acids is 2. The molecule has 0 aliphatic rings. The summed E-state index contributed by atoms with van der Waals surface area (Å²) in [6, 6.07) is 0. The molecule has 0 aliphatic heterocycles. The van der Waals surface area contributed by atoms with E-state index >= 15 is 0 Å². The zero-order chi connectivity index (χ0) is 52.0. The van der Waals surface area contributed by atoms with Gasteiger partial charge in [-0.05, 0) is 116 Å². The minimum Gasteiger partial charge on any atom is -0.462 e. The normalized spacial score (nSPS) is 12.8. The van der Waals surface area contributed by atoms with Crippen molar-refractivity contribution in [1.29, 1.82) is 0 Å². The highest BCUT2D eigenvalue weighted by atomic mass is 16.6. The third-order valence-electron chi connectivity index (χ3n) is 13.4. The van der Waals surface area contributed by atoms with Crippen LogP contribution in [0.15, 0.2) is 85.1 Å². The Morgan fingerprint density at radius 1 is 0.319 bits per heavy atom. The first-order valence-corrected chi connectivity index (χ1v) is 31.1. The quantitative estimate of drug-likeness (QED) is 0.0345. The zero-order valence-electron chi connectivity index (χ0n) is 47.9. The molecule has 0 saturated carbocycles. The topological polar surface area (TPSA) is 61.8 Å². The first-order chi connectivity index (χ1) is 35.6. The molecule has 0 saturated heterocycles. The van der Waals surface area contributed by atoms with Gasteiger partial charge in [-0.25, -0.2) is 0 Å². The Kier molecular flexibility index (Phi) is 59.8. The van der Waals surface area contributed by atoms with Crippen LogP contribution in [0.3, 0.4) is 0 Å². The van der Waals surface area contributed by atoms with Crippen molar-refractivity contribution >= 4 is 11.9 Å². The van der Waals surface area contributed by atoms with Gasteiger partial charge in [0.1, 0.15) is 6.61 Å². The van der Waals surface area contributed by atoms with Crippen LogP contribution in [-0.2, 0) is 23.8 Å². The maximum atomic E-state index is 12.9. The second-order valence-corrected chi connectivity index (χ2v) is 20.6. The monoisotopic (exact) mass is 1000 g/mol. The summed E-state index contributed by atoms with van der Waals surface area (Å²) in [7, 11) is 0. The summed E-state index contributed by atoms with van der Waals surface area (Å²) < 4.78 is 17.5. The Morgan fingerprint density at radius 2 is 0.625 bits per heavy atom. The third kappa shape index (κ3) is 59.6. The van der Waals surface area contributed by atoms with E-state index in [2.05, 4.69) is 106 Å². The smallest absolute Gasteiger partial charge is 0.306 e. The molecule has 0 aromatic heterocycles. The van der Waals surface area contributed by atoms with Gasteiger partial charge in [-0.15, -0.1) is 0 Å². The Morgan fingerprint density at radius 3 is 1.00 bits per heavy atom. The molecule has 1 atom stereocenters. The second-order valence-electron chi connectivity index (χ2n) is 20.6. The summed E-state index contributed by atoms with van der Waals surface area (Å²) in [5.74, 6) is -0.402. The van der Waals surface area contributed by atoms with Gasteiger partial charge in [0, 0.05) is 19.4 Å². The first kappa shape index (κ1) is 69.1. The van der Waals surface area contributed by atoms with Crippen LogP contribution in [0.5, 0.6) is 0 Å². The van der Waals surface area contributed by atoms with Gasteiger partial charge in [0.15, 0.2) is 6.10 Å². The number of carbonyl (C=O) groups is 2. The molecule has 0 aliphatic carbocycles. The maximum Gasteiger partial charge on any atom is 0.306 e. The predicted molar refractivity (Wildman–Crippen MR) is 316 cm³/mol. The SMILES string of the molecule is CC/C=C\C/C=C\C/C=C\CCCCCCCCCCOCC(COC(=O)CCCCCCCCCCC/C=C\C/C=C\CCCCC)OC(=O)CCCCCCCCCCC/C=C\C/C=C\CCCCC. The standard InChI is InChI=1S/C67H118O5/c1-4-7-10-13-16-19-22-25-28-31-34-36-39-42-45-48-51-54-57-60-66(68)71-64-65(63-70-62-59-56-53-50-47-44-41-38-33-30-27-24-21-18-15-12-9-6-3)72-67(69)61-58-55-52-49-46-43-40-37-35-32-29-26-23-20-17-14-11-8-5-2/h9,12,16-21,25-30,65H,4-8,10-11,13-15,22-24,31-64H2,1-3H3/b12-9-,19-16-,20-17-,21-18-,28-25-,29-26-,30-27-. The van der Waals surface area contributed by atoms with Crippen LogP contribution in [0.2, 0.25) is 0 Å². The van der Waals surface area contributed by atoms with Crippen molar-refractivity contribution in [3.05, 3.63) is 85.1 Å². The summed E-state index contributed by atoms with van der Waals surface area (Å²) in [6.45, 7) is 7.68. The molecule has 0 rings (SSSR count). The number of esters is 2. The fourth-order valence-electron chi connectivity index (χ4n) is 8.76. The molecule has 0 radical (unpaired) electrons. The molecule has 416 valence electrons. The van der Waals surface area contributed by atoms with Crippen LogP contribution in [0, 0.1) is 0 Å². The van der Waals surface area contributed by atoms with E-state index in [1.165, 1.54) is 193 Å². The molecule has 5 nitrogen and oxygen atoms in total. The molecule has 0 fully saturated rings. The zero-order valence-corrected chi connectivity index (χ0v) is 47.9. The first-order valence-electron chi connectivity index (χ1n) is 31.1. The number of unbranched alkanes of at least 4 members (excludes halogenated alkanes) is 32. The summed E-state index contributed by atoms with van der Waals surface area (Å²) in [5, 5.41) is 0. The third-order valence-corrected chi connectivity index (χ3v) is 13.4. The van der Waals surface area contributed by atoms with E-state index in [4.69, 9.17) is 14.2 Å². The lowest BCUT2D eigenvalue weighted by Crippen LogP contribution is -2.30. The summed E-state index contributed by atoms with van der Waals surface area (Å²) in [6.07, 6.45) is 83.2. The van der Waals surface area contributed by atoms with Gasteiger partial charge in [0.2, 0.25) is 0 Å². The van der Waals surface area contributed by atoms with Crippen molar-refractivity contribution in [3.63, 3.8) is 0 Å². The molecule has 72 heavy (non-hydrogen) atoms. The molecule has 0 N–H and O–H groups in total. The lowest BCUT2D eigenvalue weighted by molar-refractivity contribution is -0.163. The number of hydrogen-bond acceptors (Lipinski definition) is 5. The van der Waals surface area contributed by atoms with Crippen LogP contribution < -0.4 is 0 Å². The molecule has 0 aromatic carbocycles. The highest BCUT2D eigenvalue weighted by molar-refractivity contribution is 5.70. The lowest BCUT2D eigenvalue weighted by Gasteiger charge is -2.18. The van der Waals surface area contributed by atoms with Crippen LogP contribution in [0.25, 0.3) is 0 Å². The minimum absolute atomic E-state index is 0.0765. The number of allylic oxidation sites excluding steroid dienone is 14. The van der Waals surface area contributed by atoms with Crippen molar-refractivity contribution in [3.8, 4) is 0 Å². The minimum atomic E-state index is -0.549. The van der Waals surface area contributed by atoms with Gasteiger partial charge in [-0.2, -0.15) is 0 Å². The second kappa shape index (κ2) is 62.4. The van der Waals surface area contributed by atoms with Crippen molar-refractivity contribution in [2.75, 3.05) is 19.8 Å². The number of ether oxygens (including phenoxy) is 3. The molecule has 0 heterocycles. The van der Waals surface area contributed by atoms with E-state index in [0.29, 0.717) is 19.4 Å². The van der Waals surface area contributed by atoms with Crippen LogP contribution in [-0.4, -0.2) is 37.9 Å². The van der Waals surface area contributed by atoms with E-state index in [-0.39, 0.29) is 25.2 Å². The highest BCUT2D eigenvalue weighted by Crippen LogP contribution is 2.16. The van der Waals surface area contributed by atoms with E-state index in [9.17, 15) is 9.59 Å². The van der Waals surface area contributed by atoms with Gasteiger partial charge >= 0.3 is 11.9 Å². The van der Waals surface area contributed by atoms with E-state index in [1.54, 1.807) is 0 Å². The van der Waals surface area contributed by atoms with Gasteiger partial charge in [0.05, 0.1) is 6.61 Å². The van der Waals surface area contributed by atoms with Crippen molar-refractivity contribution in [2.24, 2.45) is 0 Å². The molecule has 0 aromatic rings. The van der Waals surface area contributed by atoms with E-state index in [1.807, 2.05) is 0 Å². The molecule has 0 spiro atoms. The average molecular weight is 1000 g/mol. The molecule has 0 bridgehead atoms.